The fraction of sp³-hybridized carbons (Fsp3) is 0.562. The van der Waals surface area contributed by atoms with Gasteiger partial charge in [0.05, 0.1) is 0 Å². The van der Waals surface area contributed by atoms with Crippen LogP contribution in [0.3, 0.4) is 0 Å². The maximum absolute atomic E-state index is 12.0. The van der Waals surface area contributed by atoms with Gasteiger partial charge in [-0.25, -0.2) is 9.78 Å². The van der Waals surface area contributed by atoms with Crippen molar-refractivity contribution in [1.29, 1.82) is 0 Å². The van der Waals surface area contributed by atoms with Crippen molar-refractivity contribution in [2.75, 3.05) is 18.9 Å². The molecule has 0 radical (unpaired) electrons. The minimum absolute atomic E-state index is 0.0624. The van der Waals surface area contributed by atoms with Gasteiger partial charge in [-0.1, -0.05) is 0 Å². The van der Waals surface area contributed by atoms with Crippen molar-refractivity contribution in [1.82, 2.24) is 10.3 Å². The fourth-order valence-corrected chi connectivity index (χ4v) is 1.77. The second-order valence-electron chi connectivity index (χ2n) is 5.99. The van der Waals surface area contributed by atoms with Gasteiger partial charge >= 0.3 is 6.09 Å². The Hall–Kier alpha value is -2.11. The van der Waals surface area contributed by atoms with E-state index in [1.807, 2.05) is 20.8 Å². The van der Waals surface area contributed by atoms with E-state index in [0.29, 0.717) is 24.9 Å². The zero-order chi connectivity index (χ0) is 16.6. The summed E-state index contributed by atoms with van der Waals surface area (Å²) in [4.78, 5) is 27.5. The number of amides is 1. The summed E-state index contributed by atoms with van der Waals surface area (Å²) in [6.45, 7) is 5.95. The van der Waals surface area contributed by atoms with Gasteiger partial charge in [0.1, 0.15) is 11.4 Å². The highest BCUT2D eigenvalue weighted by molar-refractivity contribution is 5.95. The Kier molecular flexibility index (Phi) is 6.82. The number of ketones is 1. The van der Waals surface area contributed by atoms with Gasteiger partial charge in [0.2, 0.25) is 0 Å². The molecule has 0 aliphatic rings. The molecule has 6 nitrogen and oxygen atoms in total. The van der Waals surface area contributed by atoms with Crippen LogP contribution in [-0.2, 0) is 4.74 Å². The predicted octanol–water partition coefficient (Wildman–Crippen LogP) is 3.00. The van der Waals surface area contributed by atoms with Gasteiger partial charge in [-0.15, -0.1) is 0 Å². The maximum atomic E-state index is 12.0. The summed E-state index contributed by atoms with van der Waals surface area (Å²) < 4.78 is 5.13. The summed E-state index contributed by atoms with van der Waals surface area (Å²) in [7, 11) is 1.78. The summed E-state index contributed by atoms with van der Waals surface area (Å²) in [5, 5.41) is 5.58. The number of Topliss-reactive ketones (excluding diaryl/α,β-unsaturated/α-hetero) is 1. The van der Waals surface area contributed by atoms with Crippen LogP contribution in [0.2, 0.25) is 0 Å². The van der Waals surface area contributed by atoms with E-state index in [9.17, 15) is 9.59 Å². The van der Waals surface area contributed by atoms with Crippen LogP contribution in [0.15, 0.2) is 18.3 Å². The maximum Gasteiger partial charge on any atom is 0.407 e. The number of hydrogen-bond acceptors (Lipinski definition) is 5. The van der Waals surface area contributed by atoms with E-state index >= 15 is 0 Å². The molecule has 0 saturated carbocycles. The van der Waals surface area contributed by atoms with Crippen molar-refractivity contribution in [2.24, 2.45) is 0 Å². The Bertz CT molecular complexity index is 492. The lowest BCUT2D eigenvalue weighted by Gasteiger charge is -2.19. The molecule has 0 unspecified atom stereocenters. The van der Waals surface area contributed by atoms with Crippen molar-refractivity contribution in [3.8, 4) is 0 Å². The largest absolute Gasteiger partial charge is 0.444 e. The quantitative estimate of drug-likeness (QED) is 0.598. The van der Waals surface area contributed by atoms with Crippen molar-refractivity contribution in [3.63, 3.8) is 0 Å². The van der Waals surface area contributed by atoms with Crippen LogP contribution in [-0.4, -0.2) is 36.1 Å². The van der Waals surface area contributed by atoms with Crippen molar-refractivity contribution >= 4 is 17.7 Å². The van der Waals surface area contributed by atoms with E-state index < -0.39 is 11.7 Å². The smallest absolute Gasteiger partial charge is 0.407 e. The van der Waals surface area contributed by atoms with Crippen molar-refractivity contribution in [3.05, 3.63) is 23.9 Å². The Labute approximate surface area is 131 Å². The number of anilines is 1. The Morgan fingerprint density at radius 1 is 1.23 bits per heavy atom. The number of nitrogens with zero attached hydrogens (tertiary/aromatic N) is 1. The van der Waals surface area contributed by atoms with Crippen LogP contribution < -0.4 is 10.6 Å². The molecule has 0 atom stereocenters. The van der Waals surface area contributed by atoms with Crippen molar-refractivity contribution in [2.45, 2.75) is 45.6 Å². The fourth-order valence-electron chi connectivity index (χ4n) is 1.77. The molecule has 1 amide bonds. The lowest BCUT2D eigenvalue weighted by atomic mass is 10.1. The van der Waals surface area contributed by atoms with Crippen LogP contribution >= 0.6 is 0 Å². The lowest BCUT2D eigenvalue weighted by Crippen LogP contribution is -2.33. The van der Waals surface area contributed by atoms with Crippen LogP contribution in [0.1, 0.15) is 50.4 Å². The van der Waals surface area contributed by atoms with Gasteiger partial charge in [0.15, 0.2) is 5.78 Å². The molecule has 1 rings (SSSR count). The highest BCUT2D eigenvalue weighted by Crippen LogP contribution is 2.09. The monoisotopic (exact) mass is 307 g/mol. The zero-order valence-corrected chi connectivity index (χ0v) is 13.7. The molecule has 0 aliphatic carbocycles. The highest BCUT2D eigenvalue weighted by Gasteiger charge is 2.15. The highest BCUT2D eigenvalue weighted by atomic mass is 16.6. The normalized spacial score (nSPS) is 10.9. The number of alkyl carbamates (subject to hydrolysis) is 1. The molecular formula is C16H25N3O3. The summed E-state index contributed by atoms with van der Waals surface area (Å²) in [5.74, 6) is 0.797. The summed E-state index contributed by atoms with van der Waals surface area (Å²) in [5.41, 5.74) is 0.117. The van der Waals surface area contributed by atoms with Crippen LogP contribution in [0.25, 0.3) is 0 Å². The number of ether oxygens (including phenoxy) is 1. The van der Waals surface area contributed by atoms with Gasteiger partial charge in [0, 0.05) is 31.8 Å². The Morgan fingerprint density at radius 3 is 2.50 bits per heavy atom. The third-order valence-electron chi connectivity index (χ3n) is 2.84. The molecule has 0 bridgehead atoms. The zero-order valence-electron chi connectivity index (χ0n) is 13.7. The number of carbonyl (C=O) groups is 2. The van der Waals surface area contributed by atoms with E-state index in [0.717, 1.165) is 12.2 Å². The topological polar surface area (TPSA) is 80.3 Å². The SMILES string of the molecule is CNc1ccc(C(=O)CCCCNC(=O)OC(C)(C)C)cn1. The van der Waals surface area contributed by atoms with E-state index in [1.165, 1.54) is 0 Å². The molecule has 0 saturated heterocycles. The molecule has 1 aromatic heterocycles. The van der Waals surface area contributed by atoms with Gasteiger partial charge < -0.3 is 15.4 Å². The van der Waals surface area contributed by atoms with E-state index in [-0.39, 0.29) is 5.78 Å². The third-order valence-corrected chi connectivity index (χ3v) is 2.84. The molecule has 2 N–H and O–H groups in total. The molecule has 122 valence electrons. The molecule has 0 aliphatic heterocycles. The first kappa shape index (κ1) is 17.9. The number of carbonyl (C=O) groups excluding carboxylic acids is 2. The van der Waals surface area contributed by atoms with E-state index in [2.05, 4.69) is 15.6 Å². The number of nitrogens with one attached hydrogen (secondary N) is 2. The molecule has 1 heterocycles. The van der Waals surface area contributed by atoms with Crippen LogP contribution in [0, 0.1) is 0 Å². The van der Waals surface area contributed by atoms with Gasteiger partial charge in [-0.05, 0) is 45.7 Å². The molecule has 0 aromatic carbocycles. The van der Waals surface area contributed by atoms with Crippen LogP contribution in [0.4, 0.5) is 10.6 Å². The minimum Gasteiger partial charge on any atom is -0.444 e. The average molecular weight is 307 g/mol. The predicted molar refractivity (Wildman–Crippen MR) is 86.2 cm³/mol. The second kappa shape index (κ2) is 8.36. The Morgan fingerprint density at radius 2 is 1.95 bits per heavy atom. The molecule has 1 aromatic rings. The molecular weight excluding hydrogens is 282 g/mol. The van der Waals surface area contributed by atoms with Gasteiger partial charge in [0.25, 0.3) is 0 Å². The second-order valence-corrected chi connectivity index (χ2v) is 5.99. The Balaban J connectivity index is 2.21. The summed E-state index contributed by atoms with van der Waals surface area (Å²) in [6, 6.07) is 3.54. The minimum atomic E-state index is -0.493. The van der Waals surface area contributed by atoms with E-state index in [4.69, 9.17) is 4.74 Å². The number of aromatic nitrogens is 1. The summed E-state index contributed by atoms with van der Waals surface area (Å²) in [6.07, 6.45) is 3.03. The first-order valence-corrected chi connectivity index (χ1v) is 7.45. The molecule has 0 spiro atoms. The number of unbranched alkanes of at least 4 members (excludes halogenated alkanes) is 1. The van der Waals surface area contributed by atoms with Gasteiger partial charge in [-0.2, -0.15) is 0 Å². The number of pyridine rings is 1. The first-order chi connectivity index (χ1) is 10.3. The average Bonchev–Trinajstić information content (AvgIpc) is 2.45. The lowest BCUT2D eigenvalue weighted by molar-refractivity contribution is 0.0527. The van der Waals surface area contributed by atoms with Crippen LogP contribution in [0.5, 0.6) is 0 Å². The van der Waals surface area contributed by atoms with E-state index in [1.54, 1.807) is 25.4 Å². The third kappa shape index (κ3) is 7.06. The molecule has 0 fully saturated rings. The first-order valence-electron chi connectivity index (χ1n) is 7.45. The number of hydrogen-bond donors (Lipinski definition) is 2. The van der Waals surface area contributed by atoms with Crippen molar-refractivity contribution < 1.29 is 14.3 Å². The standard InChI is InChI=1S/C16H25N3O3/c1-16(2,3)22-15(21)18-10-6-5-7-13(20)12-8-9-14(17-4)19-11-12/h8-9,11H,5-7,10H2,1-4H3,(H,17,19)(H,18,21). The number of rotatable bonds is 7. The van der Waals surface area contributed by atoms with Gasteiger partial charge in [-0.3, -0.25) is 4.79 Å². The summed E-state index contributed by atoms with van der Waals surface area (Å²) >= 11 is 0. The molecule has 22 heavy (non-hydrogen) atoms. The molecule has 6 heteroatoms.